The highest BCUT2D eigenvalue weighted by molar-refractivity contribution is 5.87. The van der Waals surface area contributed by atoms with E-state index in [1.165, 1.54) is 17.7 Å². The van der Waals surface area contributed by atoms with Crippen molar-refractivity contribution >= 4 is 5.82 Å². The van der Waals surface area contributed by atoms with Crippen LogP contribution in [-0.4, -0.2) is 10.2 Å². The Morgan fingerprint density at radius 3 is 2.20 bits per heavy atom. The van der Waals surface area contributed by atoms with Gasteiger partial charge in [-0.25, -0.2) is 4.39 Å². The summed E-state index contributed by atoms with van der Waals surface area (Å²) in [6.45, 7) is 2.03. The Labute approximate surface area is 116 Å². The first kappa shape index (κ1) is 12.4. The minimum absolute atomic E-state index is 0.271. The first-order chi connectivity index (χ1) is 9.65. The van der Waals surface area contributed by atoms with Crippen molar-refractivity contribution in [2.24, 2.45) is 0 Å². The molecule has 1 aromatic heterocycles. The monoisotopic (exact) mass is 267 g/mol. The second kappa shape index (κ2) is 4.81. The summed E-state index contributed by atoms with van der Waals surface area (Å²) >= 11 is 0. The van der Waals surface area contributed by atoms with E-state index in [4.69, 9.17) is 5.73 Å². The summed E-state index contributed by atoms with van der Waals surface area (Å²) in [4.78, 5) is 0. The zero-order valence-electron chi connectivity index (χ0n) is 11.0. The summed E-state index contributed by atoms with van der Waals surface area (Å²) in [5.74, 6) is 0.139. The zero-order valence-corrected chi connectivity index (χ0v) is 11.0. The van der Waals surface area contributed by atoms with Gasteiger partial charge >= 0.3 is 0 Å². The Kier molecular flexibility index (Phi) is 2.99. The minimum atomic E-state index is -0.271. The molecular weight excluding hydrogens is 253 g/mol. The van der Waals surface area contributed by atoms with Crippen LogP contribution in [0.3, 0.4) is 0 Å². The first-order valence-electron chi connectivity index (χ1n) is 6.32. The molecule has 0 bridgehead atoms. The van der Waals surface area contributed by atoms with Gasteiger partial charge in [0.2, 0.25) is 0 Å². The predicted octanol–water partition coefficient (Wildman–Crippen LogP) is 3.77. The molecule has 20 heavy (non-hydrogen) atoms. The Morgan fingerprint density at radius 1 is 0.950 bits per heavy atom. The number of nitrogen functional groups attached to an aromatic ring is 1. The van der Waals surface area contributed by atoms with Crippen LogP contribution < -0.4 is 5.73 Å². The molecule has 0 fully saturated rings. The molecule has 3 rings (SSSR count). The third-order valence-electron chi connectivity index (χ3n) is 3.27. The highest BCUT2D eigenvalue weighted by Crippen LogP contribution is 2.34. The van der Waals surface area contributed by atoms with E-state index in [1.807, 2.05) is 31.2 Å². The lowest BCUT2D eigenvalue weighted by molar-refractivity contribution is 0.628. The molecule has 0 atom stereocenters. The molecule has 0 aliphatic rings. The number of aromatic nitrogens is 2. The van der Waals surface area contributed by atoms with Gasteiger partial charge in [0.1, 0.15) is 5.82 Å². The van der Waals surface area contributed by atoms with E-state index in [-0.39, 0.29) is 5.82 Å². The van der Waals surface area contributed by atoms with Crippen LogP contribution >= 0.6 is 0 Å². The maximum atomic E-state index is 13.0. The molecular formula is C16H14FN3. The van der Waals surface area contributed by atoms with E-state index >= 15 is 0 Å². The van der Waals surface area contributed by atoms with Gasteiger partial charge in [-0.3, -0.25) is 5.10 Å². The van der Waals surface area contributed by atoms with E-state index in [2.05, 4.69) is 10.2 Å². The molecule has 0 saturated carbocycles. The molecule has 3 nitrogen and oxygen atoms in total. The lowest BCUT2D eigenvalue weighted by Crippen LogP contribution is -1.89. The quantitative estimate of drug-likeness (QED) is 0.742. The number of nitrogens with two attached hydrogens (primary N) is 1. The van der Waals surface area contributed by atoms with E-state index < -0.39 is 0 Å². The SMILES string of the molecule is Cc1ccc(-c2[nH]nc(N)c2-c2ccc(F)cc2)cc1. The highest BCUT2D eigenvalue weighted by atomic mass is 19.1. The molecule has 0 amide bonds. The fraction of sp³-hybridized carbons (Fsp3) is 0.0625. The van der Waals surface area contributed by atoms with Crippen molar-refractivity contribution in [3.05, 3.63) is 59.9 Å². The third kappa shape index (κ3) is 2.16. The van der Waals surface area contributed by atoms with E-state index in [9.17, 15) is 4.39 Å². The van der Waals surface area contributed by atoms with Crippen molar-refractivity contribution in [2.45, 2.75) is 6.92 Å². The molecule has 0 aliphatic carbocycles. The Hall–Kier alpha value is -2.62. The fourth-order valence-corrected chi connectivity index (χ4v) is 2.19. The molecule has 3 aromatic rings. The van der Waals surface area contributed by atoms with E-state index in [1.54, 1.807) is 12.1 Å². The standard InChI is InChI=1S/C16H14FN3/c1-10-2-4-12(5-3-10)15-14(16(18)20-19-15)11-6-8-13(17)9-7-11/h2-9H,1H3,(H3,18,19,20). The van der Waals surface area contributed by atoms with Crippen LogP contribution in [-0.2, 0) is 0 Å². The number of anilines is 1. The van der Waals surface area contributed by atoms with E-state index in [0.29, 0.717) is 5.82 Å². The lowest BCUT2D eigenvalue weighted by Gasteiger charge is -2.05. The molecule has 0 unspecified atom stereocenters. The summed E-state index contributed by atoms with van der Waals surface area (Å²) in [6, 6.07) is 14.3. The van der Waals surface area contributed by atoms with Crippen LogP contribution in [0.15, 0.2) is 48.5 Å². The van der Waals surface area contributed by atoms with Crippen molar-refractivity contribution in [1.29, 1.82) is 0 Å². The number of aromatic amines is 1. The Balaban J connectivity index is 2.14. The van der Waals surface area contributed by atoms with E-state index in [0.717, 1.165) is 22.4 Å². The van der Waals surface area contributed by atoms with Crippen molar-refractivity contribution in [3.63, 3.8) is 0 Å². The summed E-state index contributed by atoms with van der Waals surface area (Å²) in [5.41, 5.74) is 10.6. The average molecular weight is 267 g/mol. The Bertz CT molecular complexity index is 727. The topological polar surface area (TPSA) is 54.7 Å². The maximum absolute atomic E-state index is 13.0. The maximum Gasteiger partial charge on any atom is 0.153 e. The van der Waals surface area contributed by atoms with Crippen LogP contribution in [0.4, 0.5) is 10.2 Å². The van der Waals surface area contributed by atoms with Crippen molar-refractivity contribution in [1.82, 2.24) is 10.2 Å². The first-order valence-corrected chi connectivity index (χ1v) is 6.32. The fourth-order valence-electron chi connectivity index (χ4n) is 2.19. The second-order valence-corrected chi connectivity index (χ2v) is 4.73. The van der Waals surface area contributed by atoms with Crippen molar-refractivity contribution < 1.29 is 4.39 Å². The number of aryl methyl sites for hydroxylation is 1. The highest BCUT2D eigenvalue weighted by Gasteiger charge is 2.14. The second-order valence-electron chi connectivity index (χ2n) is 4.73. The predicted molar refractivity (Wildman–Crippen MR) is 78.6 cm³/mol. The minimum Gasteiger partial charge on any atom is -0.382 e. The number of H-pyrrole nitrogens is 1. The zero-order chi connectivity index (χ0) is 14.1. The van der Waals surface area contributed by atoms with Crippen molar-refractivity contribution in [3.8, 4) is 22.4 Å². The number of hydrogen-bond acceptors (Lipinski definition) is 2. The van der Waals surface area contributed by atoms with Crippen LogP contribution in [0.5, 0.6) is 0 Å². The smallest absolute Gasteiger partial charge is 0.153 e. The molecule has 2 aromatic carbocycles. The van der Waals surface area contributed by atoms with Crippen LogP contribution in [0.1, 0.15) is 5.56 Å². The van der Waals surface area contributed by atoms with Gasteiger partial charge in [0.25, 0.3) is 0 Å². The molecule has 1 heterocycles. The van der Waals surface area contributed by atoms with Gasteiger partial charge < -0.3 is 5.73 Å². The molecule has 3 N–H and O–H groups in total. The molecule has 0 saturated heterocycles. The number of nitrogens with one attached hydrogen (secondary N) is 1. The van der Waals surface area contributed by atoms with Crippen LogP contribution in [0.25, 0.3) is 22.4 Å². The average Bonchev–Trinajstić information content (AvgIpc) is 2.83. The third-order valence-corrected chi connectivity index (χ3v) is 3.27. The number of benzene rings is 2. The van der Waals surface area contributed by atoms with Gasteiger partial charge in [-0.05, 0) is 24.6 Å². The summed E-state index contributed by atoms with van der Waals surface area (Å²) < 4.78 is 13.0. The molecule has 100 valence electrons. The van der Waals surface area contributed by atoms with Crippen LogP contribution in [0.2, 0.25) is 0 Å². The van der Waals surface area contributed by atoms with Gasteiger partial charge in [0.15, 0.2) is 5.82 Å². The molecule has 4 heteroatoms. The number of halogens is 1. The summed E-state index contributed by atoms with van der Waals surface area (Å²) in [6.07, 6.45) is 0. The molecule has 0 aliphatic heterocycles. The number of rotatable bonds is 2. The number of hydrogen-bond donors (Lipinski definition) is 2. The largest absolute Gasteiger partial charge is 0.382 e. The van der Waals surface area contributed by atoms with Gasteiger partial charge in [-0.2, -0.15) is 5.10 Å². The van der Waals surface area contributed by atoms with Crippen molar-refractivity contribution in [2.75, 3.05) is 5.73 Å². The number of nitrogens with zero attached hydrogens (tertiary/aromatic N) is 1. The van der Waals surface area contributed by atoms with Gasteiger partial charge in [-0.15, -0.1) is 0 Å². The molecule has 0 spiro atoms. The van der Waals surface area contributed by atoms with Gasteiger partial charge in [0, 0.05) is 5.56 Å². The Morgan fingerprint density at radius 2 is 1.55 bits per heavy atom. The normalized spacial score (nSPS) is 10.7. The van der Waals surface area contributed by atoms with Gasteiger partial charge in [-0.1, -0.05) is 42.0 Å². The lowest BCUT2D eigenvalue weighted by atomic mass is 10.0. The summed E-state index contributed by atoms with van der Waals surface area (Å²) in [5, 5.41) is 7.03. The molecule has 0 radical (unpaired) electrons. The summed E-state index contributed by atoms with van der Waals surface area (Å²) in [7, 11) is 0. The van der Waals surface area contributed by atoms with Gasteiger partial charge in [0.05, 0.1) is 11.3 Å². The van der Waals surface area contributed by atoms with Crippen LogP contribution in [0, 0.1) is 12.7 Å².